The maximum Gasteiger partial charge on any atom is 0.269 e. The van der Waals surface area contributed by atoms with Gasteiger partial charge in [0, 0.05) is 6.20 Å². The number of ether oxygens (including phenoxy) is 2. The minimum Gasteiger partial charge on any atom is -0.461 e. The predicted octanol–water partition coefficient (Wildman–Crippen LogP) is 7.15. The van der Waals surface area contributed by atoms with E-state index in [1.54, 1.807) is 30.3 Å². The Kier molecular flexibility index (Phi) is 11.4. The number of amides is 1. The monoisotopic (exact) mass is 760 g/mol. The van der Waals surface area contributed by atoms with Crippen LogP contribution in [0.15, 0.2) is 110 Å². The van der Waals surface area contributed by atoms with Gasteiger partial charge in [-0.1, -0.05) is 122 Å². The van der Waals surface area contributed by atoms with Crippen molar-refractivity contribution in [2.75, 3.05) is 25.1 Å². The SMILES string of the molecule is CC(C)(C)[Si](OCCOC[C@H](Oc1ncnc2c1cnn2-c1cccc(Cl)c1Cl)C(=O)Nc1ccc(Cl)cn1)(c1ccccc1)c1ccccc1. The largest absolute Gasteiger partial charge is 0.461 e. The highest BCUT2D eigenvalue weighted by atomic mass is 35.5. The van der Waals surface area contributed by atoms with Gasteiger partial charge in [0.15, 0.2) is 5.65 Å². The zero-order chi connectivity index (χ0) is 36.0. The van der Waals surface area contributed by atoms with Crippen LogP contribution < -0.4 is 20.4 Å². The number of nitrogens with zero attached hydrogens (tertiary/aromatic N) is 5. The van der Waals surface area contributed by atoms with Gasteiger partial charge in [-0.3, -0.25) is 4.79 Å². The van der Waals surface area contributed by atoms with Crippen molar-refractivity contribution in [2.45, 2.75) is 31.9 Å². The highest BCUT2D eigenvalue weighted by Crippen LogP contribution is 2.37. The van der Waals surface area contributed by atoms with E-state index in [2.05, 4.69) is 70.4 Å². The highest BCUT2D eigenvalue weighted by molar-refractivity contribution is 6.99. The number of hydrogen-bond donors (Lipinski definition) is 1. The summed E-state index contributed by atoms with van der Waals surface area (Å²) < 4.78 is 20.8. The van der Waals surface area contributed by atoms with E-state index in [1.807, 2.05) is 36.4 Å². The third-order valence-corrected chi connectivity index (χ3v) is 14.3. The predicted molar refractivity (Wildman–Crippen MR) is 203 cm³/mol. The first kappa shape index (κ1) is 36.4. The average molecular weight is 762 g/mol. The van der Waals surface area contributed by atoms with Crippen LogP contribution in [0, 0.1) is 0 Å². The number of anilines is 1. The fraction of sp³-hybridized carbons (Fsp3) is 0.216. The van der Waals surface area contributed by atoms with Gasteiger partial charge in [0.2, 0.25) is 12.0 Å². The number of carbonyl (C=O) groups excluding carboxylic acids is 1. The molecule has 51 heavy (non-hydrogen) atoms. The van der Waals surface area contributed by atoms with Crippen molar-refractivity contribution < 1.29 is 18.7 Å². The number of hydrogen-bond acceptors (Lipinski definition) is 8. The molecule has 3 aromatic carbocycles. The third kappa shape index (κ3) is 7.94. The van der Waals surface area contributed by atoms with Gasteiger partial charge >= 0.3 is 0 Å². The number of aromatic nitrogens is 5. The van der Waals surface area contributed by atoms with Crippen LogP contribution in [0.25, 0.3) is 16.7 Å². The zero-order valence-electron chi connectivity index (χ0n) is 28.1. The average Bonchev–Trinajstić information content (AvgIpc) is 3.56. The van der Waals surface area contributed by atoms with Crippen molar-refractivity contribution in [3.63, 3.8) is 0 Å². The maximum atomic E-state index is 13.7. The molecule has 0 saturated carbocycles. The first-order chi connectivity index (χ1) is 24.6. The van der Waals surface area contributed by atoms with Crippen molar-refractivity contribution in [3.05, 3.63) is 125 Å². The Labute approximate surface area is 311 Å². The van der Waals surface area contributed by atoms with E-state index in [0.29, 0.717) is 37.6 Å². The van der Waals surface area contributed by atoms with E-state index in [-0.39, 0.29) is 30.7 Å². The van der Waals surface area contributed by atoms with E-state index >= 15 is 0 Å². The van der Waals surface area contributed by atoms with Gasteiger partial charge in [0.05, 0.1) is 46.8 Å². The fourth-order valence-corrected chi connectivity index (χ4v) is 10.9. The molecule has 14 heteroatoms. The molecule has 10 nitrogen and oxygen atoms in total. The second kappa shape index (κ2) is 15.9. The molecule has 0 radical (unpaired) electrons. The molecule has 3 aromatic heterocycles. The molecule has 1 N–H and O–H groups in total. The molecular weight excluding hydrogens is 727 g/mol. The second-order valence-electron chi connectivity index (χ2n) is 12.6. The Balaban J connectivity index is 1.23. The van der Waals surface area contributed by atoms with Gasteiger partial charge in [0.1, 0.15) is 17.5 Å². The summed E-state index contributed by atoms with van der Waals surface area (Å²) in [7, 11) is -2.78. The summed E-state index contributed by atoms with van der Waals surface area (Å²) in [5.41, 5.74) is 0.929. The summed E-state index contributed by atoms with van der Waals surface area (Å²) in [5, 5.41) is 10.9. The van der Waals surface area contributed by atoms with Crippen LogP contribution in [0.5, 0.6) is 5.88 Å². The number of pyridine rings is 1. The van der Waals surface area contributed by atoms with E-state index < -0.39 is 20.3 Å². The van der Waals surface area contributed by atoms with Crippen LogP contribution in [0.1, 0.15) is 20.8 Å². The zero-order valence-corrected chi connectivity index (χ0v) is 31.4. The van der Waals surface area contributed by atoms with Crippen LogP contribution in [0.3, 0.4) is 0 Å². The van der Waals surface area contributed by atoms with Crippen LogP contribution in [0.4, 0.5) is 5.82 Å². The molecule has 0 aliphatic carbocycles. The summed E-state index contributed by atoms with van der Waals surface area (Å²) in [4.78, 5) is 26.6. The topological polar surface area (TPSA) is 113 Å². The Hall–Kier alpha value is -4.36. The first-order valence-corrected chi connectivity index (χ1v) is 19.2. The molecule has 0 spiro atoms. The molecule has 262 valence electrons. The third-order valence-electron chi connectivity index (χ3n) is 8.25. The molecule has 0 unspecified atom stereocenters. The molecule has 1 atom stereocenters. The van der Waals surface area contributed by atoms with E-state index in [4.69, 9.17) is 48.7 Å². The fourth-order valence-electron chi connectivity index (χ4n) is 5.91. The summed E-state index contributed by atoms with van der Waals surface area (Å²) in [5.74, 6) is -0.0835. The summed E-state index contributed by atoms with van der Waals surface area (Å²) >= 11 is 18.8. The Bertz CT molecular complexity index is 2060. The van der Waals surface area contributed by atoms with Crippen molar-refractivity contribution in [1.29, 1.82) is 0 Å². The van der Waals surface area contributed by atoms with Crippen molar-refractivity contribution in [1.82, 2.24) is 24.7 Å². The molecule has 6 rings (SSSR count). The number of carbonyl (C=O) groups is 1. The number of nitrogens with one attached hydrogen (secondary N) is 1. The number of rotatable bonds is 13. The molecule has 0 aliphatic heterocycles. The quantitative estimate of drug-likeness (QED) is 0.0976. The number of fused-ring (bicyclic) bond motifs is 1. The van der Waals surface area contributed by atoms with E-state index in [9.17, 15) is 4.79 Å². The minimum absolute atomic E-state index is 0.122. The smallest absolute Gasteiger partial charge is 0.269 e. The van der Waals surface area contributed by atoms with Gasteiger partial charge in [-0.2, -0.15) is 5.10 Å². The highest BCUT2D eigenvalue weighted by Gasteiger charge is 2.50. The van der Waals surface area contributed by atoms with Gasteiger partial charge in [-0.15, -0.1) is 0 Å². The summed E-state index contributed by atoms with van der Waals surface area (Å²) in [6.45, 7) is 6.99. The van der Waals surface area contributed by atoms with Crippen molar-refractivity contribution in [2.24, 2.45) is 0 Å². The number of halogens is 3. The molecule has 0 fully saturated rings. The maximum absolute atomic E-state index is 13.7. The van der Waals surface area contributed by atoms with Gasteiger partial charge in [-0.05, 0) is 39.7 Å². The lowest BCUT2D eigenvalue weighted by Crippen LogP contribution is -2.66. The molecule has 0 bridgehead atoms. The molecule has 1 amide bonds. The minimum atomic E-state index is -2.78. The van der Waals surface area contributed by atoms with E-state index in [0.717, 1.165) is 10.4 Å². The Morgan fingerprint density at radius 1 is 0.843 bits per heavy atom. The second-order valence-corrected chi connectivity index (χ2v) is 18.1. The molecule has 6 aromatic rings. The van der Waals surface area contributed by atoms with Gasteiger partial charge in [-0.25, -0.2) is 19.6 Å². The molecular formula is C37H35Cl3N6O4Si. The van der Waals surface area contributed by atoms with Gasteiger partial charge < -0.3 is 19.2 Å². The summed E-state index contributed by atoms with van der Waals surface area (Å²) in [6, 6.07) is 29.1. The molecule has 3 heterocycles. The lowest BCUT2D eigenvalue weighted by atomic mass is 10.2. The summed E-state index contributed by atoms with van der Waals surface area (Å²) in [6.07, 6.45) is 3.15. The Morgan fingerprint density at radius 2 is 1.55 bits per heavy atom. The number of benzene rings is 3. The van der Waals surface area contributed by atoms with Crippen molar-refractivity contribution in [3.8, 4) is 11.6 Å². The Morgan fingerprint density at radius 3 is 2.20 bits per heavy atom. The molecule has 0 aliphatic rings. The first-order valence-electron chi connectivity index (χ1n) is 16.1. The van der Waals surface area contributed by atoms with Gasteiger partial charge in [0.25, 0.3) is 14.2 Å². The van der Waals surface area contributed by atoms with Crippen molar-refractivity contribution >= 4 is 76.3 Å². The van der Waals surface area contributed by atoms with Crippen LogP contribution >= 0.6 is 34.8 Å². The van der Waals surface area contributed by atoms with Crippen LogP contribution in [-0.2, 0) is 14.0 Å². The van der Waals surface area contributed by atoms with Crippen LogP contribution in [0.2, 0.25) is 20.1 Å². The van der Waals surface area contributed by atoms with Crippen LogP contribution in [-0.4, -0.2) is 64.9 Å². The lowest BCUT2D eigenvalue weighted by Gasteiger charge is -2.43. The standard InChI is InChI=1S/C37H35Cl3N6O4Si/c1-37(2,3)51(26-11-6-4-7-12-26,27-13-8-5-9-14-27)49-20-19-48-23-31(35(47)45-32-18-17-25(38)21-41-32)50-36-28-22-44-46(34(28)42-24-43-36)30-16-10-15-29(39)33(30)40/h4-18,21-22,24,31H,19-20,23H2,1-3H3,(H,41,45,47)/t31-/m0/s1. The lowest BCUT2D eigenvalue weighted by molar-refractivity contribution is -0.125. The molecule has 0 saturated heterocycles. The normalized spacial score (nSPS) is 12.5. The van der Waals surface area contributed by atoms with E-state index in [1.165, 1.54) is 23.4 Å².